The molecular weight excluding hydrogens is 278 g/mol. The lowest BCUT2D eigenvalue weighted by molar-refractivity contribution is -0.214. The van der Waals surface area contributed by atoms with E-state index in [-0.39, 0.29) is 5.56 Å². The first-order valence-corrected chi connectivity index (χ1v) is 4.99. The van der Waals surface area contributed by atoms with E-state index in [1.54, 1.807) is 0 Å². The van der Waals surface area contributed by atoms with Crippen molar-refractivity contribution in [2.75, 3.05) is 0 Å². The van der Waals surface area contributed by atoms with Crippen molar-refractivity contribution in [3.8, 4) is 0 Å². The average Bonchev–Trinajstić information content (AvgIpc) is 2.26. The summed E-state index contributed by atoms with van der Waals surface area (Å²) in [6, 6.07) is 6.44. The van der Waals surface area contributed by atoms with Gasteiger partial charge in [-0.15, -0.1) is 0 Å². The van der Waals surface area contributed by atoms with Crippen molar-refractivity contribution in [3.05, 3.63) is 35.9 Å². The predicted octanol–water partition coefficient (Wildman–Crippen LogP) is 3.79. The molecule has 0 heterocycles. The standard InChI is InChI=1S/C11H8F6O2/c12-10(13,14)6-8(7-4-2-1-3-5-7)19-9(18)11(15,16)17/h1-5,8H,6H2. The lowest BCUT2D eigenvalue weighted by Crippen LogP contribution is -2.29. The van der Waals surface area contributed by atoms with Crippen molar-refractivity contribution < 1.29 is 35.9 Å². The van der Waals surface area contributed by atoms with Crippen LogP contribution in [0.1, 0.15) is 18.1 Å². The SMILES string of the molecule is O=C(OC(CC(F)(F)F)c1ccccc1)C(F)(F)F. The van der Waals surface area contributed by atoms with Crippen LogP contribution in [0.3, 0.4) is 0 Å². The van der Waals surface area contributed by atoms with Gasteiger partial charge in [0.05, 0.1) is 6.42 Å². The van der Waals surface area contributed by atoms with Gasteiger partial charge in [0.25, 0.3) is 0 Å². The smallest absolute Gasteiger partial charge is 0.450 e. The second-order valence-corrected chi connectivity index (χ2v) is 3.62. The Morgan fingerprint density at radius 3 is 2.00 bits per heavy atom. The molecule has 0 N–H and O–H groups in total. The summed E-state index contributed by atoms with van der Waals surface area (Å²) in [7, 11) is 0. The molecule has 0 radical (unpaired) electrons. The summed E-state index contributed by atoms with van der Waals surface area (Å²) in [5.74, 6) is -2.65. The molecular formula is C11H8F6O2. The molecule has 0 saturated heterocycles. The number of halogens is 6. The molecule has 1 aromatic carbocycles. The van der Waals surface area contributed by atoms with Gasteiger partial charge in [0.2, 0.25) is 0 Å². The van der Waals surface area contributed by atoms with Gasteiger partial charge in [-0.1, -0.05) is 30.3 Å². The Labute approximate surface area is 104 Å². The maximum absolute atomic E-state index is 12.3. The topological polar surface area (TPSA) is 26.3 Å². The highest BCUT2D eigenvalue weighted by molar-refractivity contribution is 5.75. The summed E-state index contributed by atoms with van der Waals surface area (Å²) in [5, 5.41) is 0. The average molecular weight is 286 g/mol. The summed E-state index contributed by atoms with van der Waals surface area (Å²) in [6.07, 6.45) is -13.8. The molecule has 1 unspecified atom stereocenters. The third-order valence-corrected chi connectivity index (χ3v) is 2.07. The minimum absolute atomic E-state index is 0.155. The lowest BCUT2D eigenvalue weighted by atomic mass is 10.1. The fourth-order valence-electron chi connectivity index (χ4n) is 1.30. The van der Waals surface area contributed by atoms with Crippen molar-refractivity contribution in [3.63, 3.8) is 0 Å². The molecule has 0 aliphatic heterocycles. The highest BCUT2D eigenvalue weighted by atomic mass is 19.4. The zero-order chi connectivity index (χ0) is 14.7. The van der Waals surface area contributed by atoms with Crippen LogP contribution in [0.2, 0.25) is 0 Å². The molecule has 0 saturated carbocycles. The molecule has 0 aliphatic carbocycles. The second-order valence-electron chi connectivity index (χ2n) is 3.62. The van der Waals surface area contributed by atoms with E-state index in [1.165, 1.54) is 18.2 Å². The molecule has 0 aromatic heterocycles. The molecule has 106 valence electrons. The van der Waals surface area contributed by atoms with Crippen LogP contribution in [-0.4, -0.2) is 18.3 Å². The lowest BCUT2D eigenvalue weighted by Gasteiger charge is -2.20. The number of benzene rings is 1. The zero-order valence-electron chi connectivity index (χ0n) is 9.26. The summed E-state index contributed by atoms with van der Waals surface area (Å²) in [6.45, 7) is 0. The first-order chi connectivity index (χ1) is 8.59. The van der Waals surface area contributed by atoms with E-state index < -0.39 is 30.8 Å². The molecule has 0 bridgehead atoms. The number of rotatable bonds is 3. The third-order valence-electron chi connectivity index (χ3n) is 2.07. The minimum atomic E-state index is -5.33. The Kier molecular flexibility index (Phi) is 4.43. The molecule has 1 atom stereocenters. The quantitative estimate of drug-likeness (QED) is 0.624. The number of carbonyl (C=O) groups is 1. The Balaban J connectivity index is 2.91. The van der Waals surface area contributed by atoms with E-state index in [0.29, 0.717) is 0 Å². The Morgan fingerprint density at radius 2 is 1.58 bits per heavy atom. The minimum Gasteiger partial charge on any atom is -0.450 e. The van der Waals surface area contributed by atoms with Crippen LogP contribution in [0.25, 0.3) is 0 Å². The van der Waals surface area contributed by atoms with Gasteiger partial charge in [-0.3, -0.25) is 0 Å². The first-order valence-electron chi connectivity index (χ1n) is 4.99. The largest absolute Gasteiger partial charge is 0.490 e. The van der Waals surface area contributed by atoms with Gasteiger partial charge in [0.15, 0.2) is 0 Å². The van der Waals surface area contributed by atoms with Gasteiger partial charge in [-0.2, -0.15) is 26.3 Å². The van der Waals surface area contributed by atoms with E-state index in [2.05, 4.69) is 4.74 Å². The van der Waals surface area contributed by atoms with Crippen molar-refractivity contribution in [1.82, 2.24) is 0 Å². The predicted molar refractivity (Wildman–Crippen MR) is 52.0 cm³/mol. The maximum Gasteiger partial charge on any atom is 0.490 e. The van der Waals surface area contributed by atoms with E-state index in [0.717, 1.165) is 12.1 Å². The highest BCUT2D eigenvalue weighted by Crippen LogP contribution is 2.33. The summed E-state index contributed by atoms with van der Waals surface area (Å²) in [4.78, 5) is 10.6. The number of hydrogen-bond acceptors (Lipinski definition) is 2. The summed E-state index contributed by atoms with van der Waals surface area (Å²) < 4.78 is 76.7. The van der Waals surface area contributed by atoms with E-state index >= 15 is 0 Å². The van der Waals surface area contributed by atoms with Crippen LogP contribution in [0.15, 0.2) is 30.3 Å². The second kappa shape index (κ2) is 5.50. The molecule has 0 spiro atoms. The number of esters is 1. The molecule has 19 heavy (non-hydrogen) atoms. The monoisotopic (exact) mass is 286 g/mol. The van der Waals surface area contributed by atoms with Crippen LogP contribution >= 0.6 is 0 Å². The molecule has 2 nitrogen and oxygen atoms in total. The van der Waals surface area contributed by atoms with Crippen molar-refractivity contribution in [2.24, 2.45) is 0 Å². The first kappa shape index (κ1) is 15.3. The van der Waals surface area contributed by atoms with Crippen LogP contribution in [0.4, 0.5) is 26.3 Å². The molecule has 1 aromatic rings. The van der Waals surface area contributed by atoms with Gasteiger partial charge < -0.3 is 4.74 Å². The van der Waals surface area contributed by atoms with E-state index in [9.17, 15) is 31.1 Å². The molecule has 1 rings (SSSR count). The fourth-order valence-corrected chi connectivity index (χ4v) is 1.30. The molecule has 8 heteroatoms. The van der Waals surface area contributed by atoms with Crippen LogP contribution in [0.5, 0.6) is 0 Å². The van der Waals surface area contributed by atoms with Crippen LogP contribution in [-0.2, 0) is 9.53 Å². The van der Waals surface area contributed by atoms with Gasteiger partial charge >= 0.3 is 18.3 Å². The third kappa shape index (κ3) is 5.19. The van der Waals surface area contributed by atoms with Gasteiger partial charge in [-0.05, 0) is 5.56 Å². The number of hydrogen-bond donors (Lipinski definition) is 0. The maximum atomic E-state index is 12.3. The number of alkyl halides is 6. The normalized spacial score (nSPS) is 14.0. The Bertz CT molecular complexity index is 423. The molecule has 0 fully saturated rings. The highest BCUT2D eigenvalue weighted by Gasteiger charge is 2.44. The van der Waals surface area contributed by atoms with Gasteiger partial charge in [0, 0.05) is 0 Å². The summed E-state index contributed by atoms with van der Waals surface area (Å²) >= 11 is 0. The van der Waals surface area contributed by atoms with E-state index in [4.69, 9.17) is 0 Å². The number of ether oxygens (including phenoxy) is 1. The Morgan fingerprint density at radius 1 is 1.05 bits per heavy atom. The molecule has 0 amide bonds. The van der Waals surface area contributed by atoms with Gasteiger partial charge in [-0.25, -0.2) is 4.79 Å². The van der Waals surface area contributed by atoms with Crippen molar-refractivity contribution >= 4 is 5.97 Å². The zero-order valence-corrected chi connectivity index (χ0v) is 9.26. The number of carbonyl (C=O) groups excluding carboxylic acids is 1. The van der Waals surface area contributed by atoms with E-state index in [1.807, 2.05) is 0 Å². The molecule has 0 aliphatic rings. The summed E-state index contributed by atoms with van der Waals surface area (Å²) in [5.41, 5.74) is -0.155. The Hall–Kier alpha value is -1.73. The van der Waals surface area contributed by atoms with Crippen molar-refractivity contribution in [2.45, 2.75) is 24.9 Å². The fraction of sp³-hybridized carbons (Fsp3) is 0.364. The van der Waals surface area contributed by atoms with Crippen molar-refractivity contribution in [1.29, 1.82) is 0 Å². The van der Waals surface area contributed by atoms with Gasteiger partial charge in [0.1, 0.15) is 6.10 Å². The van der Waals surface area contributed by atoms with Crippen LogP contribution < -0.4 is 0 Å². The van der Waals surface area contributed by atoms with Crippen LogP contribution in [0, 0.1) is 0 Å².